The minimum Gasteiger partial charge on any atom is -0.497 e. The average Bonchev–Trinajstić information content (AvgIpc) is 2.79. The van der Waals surface area contributed by atoms with E-state index in [0.29, 0.717) is 11.3 Å². The molecule has 3 rings (SSSR count). The second-order valence-corrected chi connectivity index (χ2v) is 8.54. The van der Waals surface area contributed by atoms with Gasteiger partial charge >= 0.3 is 5.71 Å². The number of benzene rings is 3. The van der Waals surface area contributed by atoms with Gasteiger partial charge in [-0.2, -0.15) is 9.51 Å². The topological polar surface area (TPSA) is 109 Å². The van der Waals surface area contributed by atoms with Gasteiger partial charge in [0.1, 0.15) is 5.75 Å². The van der Waals surface area contributed by atoms with Crippen molar-refractivity contribution >= 4 is 21.5 Å². The van der Waals surface area contributed by atoms with E-state index in [1.807, 2.05) is 6.92 Å². The number of sulfonamides is 1. The summed E-state index contributed by atoms with van der Waals surface area (Å²) < 4.78 is 33.9. The third-order valence-electron chi connectivity index (χ3n) is 4.68. The number of hydrogen-bond donors (Lipinski definition) is 1. The summed E-state index contributed by atoms with van der Waals surface area (Å²) in [6.45, 7) is 1.85. The highest BCUT2D eigenvalue weighted by Crippen LogP contribution is 2.24. The Hall–Kier alpha value is -3.58. The minimum absolute atomic E-state index is 0.0236. The Morgan fingerprint density at radius 3 is 2.29 bits per heavy atom. The van der Waals surface area contributed by atoms with Crippen LogP contribution in [-0.4, -0.2) is 31.8 Å². The van der Waals surface area contributed by atoms with E-state index in [1.54, 1.807) is 66.7 Å². The number of methoxy groups -OCH3 is 1. The predicted molar refractivity (Wildman–Crippen MR) is 117 cm³/mol. The van der Waals surface area contributed by atoms with E-state index in [-0.39, 0.29) is 16.2 Å². The van der Waals surface area contributed by atoms with Crippen molar-refractivity contribution in [3.63, 3.8) is 0 Å². The molecule has 1 atom stereocenters. The first-order valence-corrected chi connectivity index (χ1v) is 10.9. The highest BCUT2D eigenvalue weighted by molar-refractivity contribution is 7.89. The first-order chi connectivity index (χ1) is 14.9. The Kier molecular flexibility index (Phi) is 6.77. The summed E-state index contributed by atoms with van der Waals surface area (Å²) in [5.41, 5.74) is 10.9. The summed E-state index contributed by atoms with van der Waals surface area (Å²) in [5.74, 6) is -0.149. The highest BCUT2D eigenvalue weighted by atomic mass is 32.2. The lowest BCUT2D eigenvalue weighted by Crippen LogP contribution is -2.38. The van der Waals surface area contributed by atoms with Gasteiger partial charge in [0.2, 0.25) is 10.0 Å². The molecule has 0 heterocycles. The summed E-state index contributed by atoms with van der Waals surface area (Å²) in [7, 11) is -2.58. The number of aryl methyl sites for hydroxylation is 1. The molecule has 1 unspecified atom stereocenters. The van der Waals surface area contributed by atoms with Crippen LogP contribution in [0.1, 0.15) is 27.5 Å². The number of nitrogens with zero attached hydrogens (tertiary/aromatic N) is 2. The molecule has 0 aliphatic rings. The first-order valence-electron chi connectivity index (χ1n) is 9.40. The van der Waals surface area contributed by atoms with Gasteiger partial charge in [-0.3, -0.25) is 4.79 Å². The van der Waals surface area contributed by atoms with E-state index in [4.69, 9.17) is 4.74 Å². The van der Waals surface area contributed by atoms with Crippen LogP contribution in [0.5, 0.6) is 5.75 Å². The standard InChI is InChI=1S/C23H21N3O4S/c1-16-11-13-20(14-12-16)31(28,29)26-21(18-9-6-10-19(15-18)30-2)22(25-24)23(27)17-7-4-3-5-8-17/h3-15,21,26H,1-2H3. The Labute approximate surface area is 181 Å². The summed E-state index contributed by atoms with van der Waals surface area (Å²) in [5, 5.41) is 0. The van der Waals surface area contributed by atoms with Crippen molar-refractivity contribution in [1.82, 2.24) is 4.72 Å². The third-order valence-corrected chi connectivity index (χ3v) is 6.12. The highest BCUT2D eigenvalue weighted by Gasteiger charge is 2.37. The van der Waals surface area contributed by atoms with Gasteiger partial charge in [0.05, 0.1) is 12.0 Å². The van der Waals surface area contributed by atoms with Crippen molar-refractivity contribution in [2.75, 3.05) is 7.11 Å². The largest absolute Gasteiger partial charge is 0.497 e. The van der Waals surface area contributed by atoms with E-state index in [2.05, 4.69) is 9.51 Å². The molecule has 1 N–H and O–H groups in total. The van der Waals surface area contributed by atoms with Crippen LogP contribution in [0, 0.1) is 6.92 Å². The van der Waals surface area contributed by atoms with Crippen LogP contribution >= 0.6 is 0 Å². The monoisotopic (exact) mass is 435 g/mol. The molecule has 158 valence electrons. The first kappa shape index (κ1) is 22.1. The number of hydrogen-bond acceptors (Lipinski definition) is 4. The van der Waals surface area contributed by atoms with Gasteiger partial charge in [-0.15, -0.1) is 0 Å². The van der Waals surface area contributed by atoms with Gasteiger partial charge in [0, 0.05) is 5.56 Å². The Balaban J connectivity index is 2.09. The molecule has 0 saturated carbocycles. The van der Waals surface area contributed by atoms with E-state index in [1.165, 1.54) is 19.2 Å². The van der Waals surface area contributed by atoms with Crippen molar-refractivity contribution < 1.29 is 22.7 Å². The lowest BCUT2D eigenvalue weighted by Gasteiger charge is -2.16. The second kappa shape index (κ2) is 9.49. The molecule has 0 spiro atoms. The molecule has 0 radical (unpaired) electrons. The zero-order valence-corrected chi connectivity index (χ0v) is 17.8. The van der Waals surface area contributed by atoms with Crippen LogP contribution in [0.4, 0.5) is 0 Å². The Bertz CT molecular complexity index is 1230. The van der Waals surface area contributed by atoms with Crippen molar-refractivity contribution in [1.29, 1.82) is 0 Å². The molecule has 0 aliphatic heterocycles. The smallest absolute Gasteiger partial charge is 0.361 e. The molecule has 0 saturated heterocycles. The van der Waals surface area contributed by atoms with Crippen LogP contribution in [0.25, 0.3) is 5.53 Å². The molecule has 0 aliphatic carbocycles. The fraction of sp³-hybridized carbons (Fsp3) is 0.130. The maximum atomic E-state index is 13.1. The number of rotatable bonds is 8. The Morgan fingerprint density at radius 1 is 1.00 bits per heavy atom. The zero-order valence-electron chi connectivity index (χ0n) is 17.0. The normalized spacial score (nSPS) is 11.9. The average molecular weight is 436 g/mol. The van der Waals surface area contributed by atoms with Gasteiger partial charge in [-0.05, 0) is 36.8 Å². The van der Waals surface area contributed by atoms with Gasteiger partial charge in [0.25, 0.3) is 5.78 Å². The summed E-state index contributed by atoms with van der Waals surface area (Å²) in [6, 6.07) is 19.8. The lowest BCUT2D eigenvalue weighted by atomic mass is 9.96. The summed E-state index contributed by atoms with van der Waals surface area (Å²) >= 11 is 0. The molecule has 0 aromatic heterocycles. The van der Waals surface area contributed by atoms with Gasteiger partial charge in [0.15, 0.2) is 6.04 Å². The predicted octanol–water partition coefficient (Wildman–Crippen LogP) is 3.58. The van der Waals surface area contributed by atoms with Crippen molar-refractivity contribution in [3.05, 3.63) is 101 Å². The van der Waals surface area contributed by atoms with Crippen LogP contribution in [0.3, 0.4) is 0 Å². The maximum absolute atomic E-state index is 13.1. The second-order valence-electron chi connectivity index (χ2n) is 6.82. The molecule has 0 bridgehead atoms. The molecule has 31 heavy (non-hydrogen) atoms. The third kappa shape index (κ3) is 5.13. The van der Waals surface area contributed by atoms with E-state index in [9.17, 15) is 18.7 Å². The number of ketones is 1. The van der Waals surface area contributed by atoms with Crippen molar-refractivity contribution in [2.45, 2.75) is 17.9 Å². The van der Waals surface area contributed by atoms with Gasteiger partial charge in [-0.25, -0.2) is 8.42 Å². The molecular formula is C23H21N3O4S. The minimum atomic E-state index is -4.05. The van der Waals surface area contributed by atoms with Crippen LogP contribution in [0.2, 0.25) is 0 Å². The summed E-state index contributed by atoms with van der Waals surface area (Å²) in [4.78, 5) is 16.3. The van der Waals surface area contributed by atoms with Crippen LogP contribution in [0.15, 0.2) is 83.8 Å². The number of ether oxygens (including phenoxy) is 1. The quantitative estimate of drug-likeness (QED) is 0.252. The van der Waals surface area contributed by atoms with Crippen LogP contribution in [-0.2, 0) is 10.0 Å². The number of carbonyl (C=O) groups excluding carboxylic acids is 1. The van der Waals surface area contributed by atoms with Crippen molar-refractivity contribution in [2.24, 2.45) is 0 Å². The molecule has 3 aromatic carbocycles. The zero-order chi connectivity index (χ0) is 22.4. The fourth-order valence-corrected chi connectivity index (χ4v) is 4.20. The van der Waals surface area contributed by atoms with Crippen LogP contribution < -0.4 is 9.46 Å². The SMILES string of the molecule is COc1cccc(C(NS(=O)(=O)c2ccc(C)cc2)C(=[N+]=[N-])C(=O)c2ccccc2)c1. The fourth-order valence-electron chi connectivity index (χ4n) is 3.02. The molecule has 0 amide bonds. The van der Waals surface area contributed by atoms with E-state index < -0.39 is 21.8 Å². The van der Waals surface area contributed by atoms with Crippen molar-refractivity contribution in [3.8, 4) is 5.75 Å². The Morgan fingerprint density at radius 2 is 1.68 bits per heavy atom. The molecule has 0 fully saturated rings. The number of nitrogens with one attached hydrogen (secondary N) is 1. The van der Waals surface area contributed by atoms with E-state index >= 15 is 0 Å². The number of Topliss-reactive ketones (excluding diaryl/α,β-unsaturated/α-hetero) is 1. The van der Waals surface area contributed by atoms with E-state index in [0.717, 1.165) is 5.56 Å². The van der Waals surface area contributed by atoms with Gasteiger partial charge < -0.3 is 10.3 Å². The lowest BCUT2D eigenvalue weighted by molar-refractivity contribution is -0.0111. The number of carbonyl (C=O) groups is 1. The molecule has 7 nitrogen and oxygen atoms in total. The molecule has 8 heteroatoms. The summed E-state index contributed by atoms with van der Waals surface area (Å²) in [6.07, 6.45) is 0. The maximum Gasteiger partial charge on any atom is 0.361 e. The van der Waals surface area contributed by atoms with Gasteiger partial charge in [-0.1, -0.05) is 60.2 Å². The molecule has 3 aromatic rings. The molecular weight excluding hydrogens is 414 g/mol.